The van der Waals surface area contributed by atoms with E-state index < -0.39 is 5.60 Å². The third-order valence-electron chi connectivity index (χ3n) is 4.30. The zero-order valence-corrected chi connectivity index (χ0v) is 13.4. The molecule has 1 aromatic heterocycles. The molecule has 3 rings (SSSR count). The highest BCUT2D eigenvalue weighted by atomic mass is 16.3. The fraction of sp³-hybridized carbons (Fsp3) is 0.368. The fourth-order valence-electron chi connectivity index (χ4n) is 2.79. The van der Waals surface area contributed by atoms with Crippen molar-refractivity contribution in [1.29, 1.82) is 0 Å². The van der Waals surface area contributed by atoms with Gasteiger partial charge in [-0.25, -0.2) is 0 Å². The van der Waals surface area contributed by atoms with E-state index in [9.17, 15) is 9.90 Å². The highest BCUT2D eigenvalue weighted by Crippen LogP contribution is 2.32. The summed E-state index contributed by atoms with van der Waals surface area (Å²) in [6.07, 6.45) is 5.67. The molecule has 1 unspecified atom stereocenters. The molecule has 1 atom stereocenters. The number of aliphatic hydroxyl groups is 1. The fourth-order valence-corrected chi connectivity index (χ4v) is 2.79. The minimum Gasteiger partial charge on any atom is -0.385 e. The van der Waals surface area contributed by atoms with Gasteiger partial charge >= 0.3 is 0 Å². The Bertz CT molecular complexity index is 652. The van der Waals surface area contributed by atoms with Crippen LogP contribution < -0.4 is 0 Å². The van der Waals surface area contributed by atoms with Gasteiger partial charge in [0.1, 0.15) is 0 Å². The van der Waals surface area contributed by atoms with Crippen LogP contribution in [0.5, 0.6) is 0 Å². The van der Waals surface area contributed by atoms with Crippen molar-refractivity contribution in [2.24, 2.45) is 0 Å². The van der Waals surface area contributed by atoms with Crippen molar-refractivity contribution in [3.63, 3.8) is 0 Å². The van der Waals surface area contributed by atoms with Gasteiger partial charge in [-0.3, -0.25) is 9.78 Å². The van der Waals surface area contributed by atoms with Gasteiger partial charge in [0.05, 0.1) is 12.0 Å². The Hall–Kier alpha value is -2.20. The first-order valence-electron chi connectivity index (χ1n) is 8.02. The smallest absolute Gasteiger partial charge is 0.226 e. The van der Waals surface area contributed by atoms with Gasteiger partial charge in [0, 0.05) is 25.0 Å². The Morgan fingerprint density at radius 1 is 1.22 bits per heavy atom. The lowest BCUT2D eigenvalue weighted by Gasteiger charge is -2.29. The van der Waals surface area contributed by atoms with E-state index in [0.29, 0.717) is 12.6 Å². The summed E-state index contributed by atoms with van der Waals surface area (Å²) in [5, 5.41) is 10.7. The summed E-state index contributed by atoms with van der Waals surface area (Å²) < 4.78 is 0. The summed E-state index contributed by atoms with van der Waals surface area (Å²) in [6.45, 7) is 2.29. The standard InChI is InChI=1S/C19H22N2O2/c1-19(23,16-5-3-2-4-6-16)13-18(22)21(17-7-8-17)14-15-9-11-20-12-10-15/h2-6,9-12,17,23H,7-8,13-14H2,1H3. The van der Waals surface area contributed by atoms with Gasteiger partial charge in [-0.05, 0) is 43.0 Å². The van der Waals surface area contributed by atoms with E-state index in [1.807, 2.05) is 47.4 Å². The van der Waals surface area contributed by atoms with E-state index in [1.54, 1.807) is 19.3 Å². The minimum absolute atomic E-state index is 0.00170. The second-order valence-corrected chi connectivity index (χ2v) is 6.42. The van der Waals surface area contributed by atoms with Crippen LogP contribution in [0.3, 0.4) is 0 Å². The topological polar surface area (TPSA) is 53.4 Å². The summed E-state index contributed by atoms with van der Waals surface area (Å²) in [5.41, 5.74) is 0.691. The molecule has 1 aliphatic carbocycles. The molecule has 1 N–H and O–H groups in total. The Balaban J connectivity index is 1.72. The highest BCUT2D eigenvalue weighted by molar-refractivity contribution is 5.78. The molecule has 0 bridgehead atoms. The van der Waals surface area contributed by atoms with Crippen LogP contribution >= 0.6 is 0 Å². The zero-order valence-electron chi connectivity index (χ0n) is 13.4. The molecule has 0 aliphatic heterocycles. The molecule has 1 heterocycles. The number of pyridine rings is 1. The minimum atomic E-state index is -1.15. The van der Waals surface area contributed by atoms with Crippen LogP contribution in [0.4, 0.5) is 0 Å². The number of hydrogen-bond acceptors (Lipinski definition) is 3. The summed E-state index contributed by atoms with van der Waals surface area (Å²) in [6, 6.07) is 13.5. The molecule has 2 aromatic rings. The summed E-state index contributed by atoms with van der Waals surface area (Å²) in [5.74, 6) is -0.00170. The molecular formula is C19H22N2O2. The maximum absolute atomic E-state index is 12.8. The van der Waals surface area contributed by atoms with Crippen molar-refractivity contribution in [2.75, 3.05) is 0 Å². The SMILES string of the molecule is CC(O)(CC(=O)N(Cc1ccncc1)C1CC1)c1ccccc1. The van der Waals surface area contributed by atoms with E-state index in [0.717, 1.165) is 24.0 Å². The van der Waals surface area contributed by atoms with Gasteiger partial charge in [-0.1, -0.05) is 30.3 Å². The van der Waals surface area contributed by atoms with E-state index in [1.165, 1.54) is 0 Å². The predicted octanol–water partition coefficient (Wildman–Crippen LogP) is 2.87. The van der Waals surface area contributed by atoms with Crippen molar-refractivity contribution in [2.45, 2.75) is 44.4 Å². The van der Waals surface area contributed by atoms with Crippen LogP contribution in [0.15, 0.2) is 54.9 Å². The molecule has 0 saturated heterocycles. The number of rotatable bonds is 6. The molecule has 120 valence electrons. The van der Waals surface area contributed by atoms with Gasteiger partial charge in [-0.2, -0.15) is 0 Å². The maximum Gasteiger partial charge on any atom is 0.226 e. The van der Waals surface area contributed by atoms with E-state index in [2.05, 4.69) is 4.98 Å². The van der Waals surface area contributed by atoms with Crippen LogP contribution in [-0.4, -0.2) is 26.9 Å². The molecule has 1 aromatic carbocycles. The number of nitrogens with zero attached hydrogens (tertiary/aromatic N) is 2. The number of carbonyl (C=O) groups excluding carboxylic acids is 1. The molecule has 0 radical (unpaired) electrons. The normalized spacial score (nSPS) is 16.6. The Morgan fingerprint density at radius 3 is 2.48 bits per heavy atom. The first-order valence-corrected chi connectivity index (χ1v) is 8.02. The molecular weight excluding hydrogens is 288 g/mol. The Morgan fingerprint density at radius 2 is 1.87 bits per heavy atom. The Labute approximate surface area is 136 Å². The van der Waals surface area contributed by atoms with Crippen molar-refractivity contribution < 1.29 is 9.90 Å². The molecule has 4 nitrogen and oxygen atoms in total. The molecule has 1 aliphatic rings. The monoisotopic (exact) mass is 310 g/mol. The van der Waals surface area contributed by atoms with Crippen LogP contribution in [0.1, 0.15) is 37.3 Å². The van der Waals surface area contributed by atoms with Crippen LogP contribution in [0, 0.1) is 0 Å². The third-order valence-corrected chi connectivity index (χ3v) is 4.30. The van der Waals surface area contributed by atoms with E-state index in [4.69, 9.17) is 0 Å². The van der Waals surface area contributed by atoms with Gasteiger partial charge < -0.3 is 10.0 Å². The van der Waals surface area contributed by atoms with Crippen molar-refractivity contribution in [1.82, 2.24) is 9.88 Å². The first kappa shape index (κ1) is 15.7. The number of amides is 1. The molecule has 0 spiro atoms. The quantitative estimate of drug-likeness (QED) is 0.892. The van der Waals surface area contributed by atoms with Crippen molar-refractivity contribution in [3.05, 3.63) is 66.0 Å². The second kappa shape index (κ2) is 6.50. The highest BCUT2D eigenvalue weighted by Gasteiger charge is 2.36. The van der Waals surface area contributed by atoms with Crippen molar-refractivity contribution in [3.8, 4) is 0 Å². The second-order valence-electron chi connectivity index (χ2n) is 6.42. The first-order chi connectivity index (χ1) is 11.1. The molecule has 1 amide bonds. The maximum atomic E-state index is 12.8. The molecule has 1 saturated carbocycles. The van der Waals surface area contributed by atoms with Crippen LogP contribution in [0.25, 0.3) is 0 Å². The van der Waals surface area contributed by atoms with Crippen LogP contribution in [-0.2, 0) is 16.9 Å². The molecule has 4 heteroatoms. The Kier molecular flexibility index (Phi) is 4.44. The summed E-state index contributed by atoms with van der Waals surface area (Å²) >= 11 is 0. The van der Waals surface area contributed by atoms with Gasteiger partial charge in [-0.15, -0.1) is 0 Å². The largest absolute Gasteiger partial charge is 0.385 e. The average Bonchev–Trinajstić information content (AvgIpc) is 3.39. The lowest BCUT2D eigenvalue weighted by atomic mass is 9.92. The number of benzene rings is 1. The van der Waals surface area contributed by atoms with Crippen LogP contribution in [0.2, 0.25) is 0 Å². The lowest BCUT2D eigenvalue weighted by molar-refractivity contribution is -0.137. The predicted molar refractivity (Wildman–Crippen MR) is 88.4 cm³/mol. The number of aromatic nitrogens is 1. The zero-order chi connectivity index (χ0) is 16.3. The van der Waals surface area contributed by atoms with E-state index in [-0.39, 0.29) is 12.3 Å². The number of carbonyl (C=O) groups is 1. The van der Waals surface area contributed by atoms with Crippen molar-refractivity contribution >= 4 is 5.91 Å². The number of hydrogen-bond donors (Lipinski definition) is 1. The average molecular weight is 310 g/mol. The summed E-state index contributed by atoms with van der Waals surface area (Å²) in [4.78, 5) is 18.7. The van der Waals surface area contributed by atoms with E-state index >= 15 is 0 Å². The molecule has 23 heavy (non-hydrogen) atoms. The van der Waals surface area contributed by atoms with Gasteiger partial charge in [0.15, 0.2) is 0 Å². The summed E-state index contributed by atoms with van der Waals surface area (Å²) in [7, 11) is 0. The third kappa shape index (κ3) is 3.96. The van der Waals surface area contributed by atoms with Gasteiger partial charge in [0.2, 0.25) is 5.91 Å². The molecule has 1 fully saturated rings. The lowest BCUT2D eigenvalue weighted by Crippen LogP contribution is -2.37. The van der Waals surface area contributed by atoms with Gasteiger partial charge in [0.25, 0.3) is 0 Å².